The fourth-order valence-corrected chi connectivity index (χ4v) is 3.38. The van der Waals surface area contributed by atoms with E-state index in [4.69, 9.17) is 5.73 Å². The molecule has 19 heavy (non-hydrogen) atoms. The molecule has 2 unspecified atom stereocenters. The number of rotatable bonds is 2. The molecule has 4 heteroatoms. The number of hydrogen-bond acceptors (Lipinski definition) is 3. The zero-order valence-corrected chi connectivity index (χ0v) is 11.5. The van der Waals surface area contributed by atoms with Gasteiger partial charge < -0.3 is 5.73 Å². The molecule has 1 aromatic rings. The third kappa shape index (κ3) is 2.60. The molecule has 2 aliphatic rings. The van der Waals surface area contributed by atoms with Crippen LogP contribution in [0.25, 0.3) is 0 Å². The van der Waals surface area contributed by atoms with Gasteiger partial charge in [0.25, 0.3) is 0 Å². The molecule has 3 rings (SSSR count). The highest BCUT2D eigenvalue weighted by Gasteiger charge is 2.34. The molecule has 0 saturated carbocycles. The van der Waals surface area contributed by atoms with Crippen molar-refractivity contribution >= 4 is 5.69 Å². The SMILES string of the molecule is CC1CN2CCCC2CN1Cc1ccc(N)cc1F. The van der Waals surface area contributed by atoms with Gasteiger partial charge in [0.05, 0.1) is 0 Å². The Kier molecular flexibility index (Phi) is 3.46. The van der Waals surface area contributed by atoms with Crippen LogP contribution in [-0.2, 0) is 6.54 Å². The van der Waals surface area contributed by atoms with Crippen LogP contribution in [0, 0.1) is 5.82 Å². The predicted molar refractivity (Wildman–Crippen MR) is 75.3 cm³/mol. The Balaban J connectivity index is 1.71. The fraction of sp³-hybridized carbons (Fsp3) is 0.600. The summed E-state index contributed by atoms with van der Waals surface area (Å²) in [5.74, 6) is -0.180. The Morgan fingerprint density at radius 3 is 3.00 bits per heavy atom. The minimum atomic E-state index is -0.180. The van der Waals surface area contributed by atoms with E-state index in [0.717, 1.165) is 18.7 Å². The van der Waals surface area contributed by atoms with Gasteiger partial charge in [0.15, 0.2) is 0 Å². The fourth-order valence-electron chi connectivity index (χ4n) is 3.38. The molecule has 0 amide bonds. The van der Waals surface area contributed by atoms with Crippen LogP contribution in [0.3, 0.4) is 0 Å². The van der Waals surface area contributed by atoms with Crippen LogP contribution in [-0.4, -0.2) is 41.5 Å². The zero-order chi connectivity index (χ0) is 13.4. The maximum atomic E-state index is 13.9. The molecule has 0 aromatic heterocycles. The van der Waals surface area contributed by atoms with Crippen molar-refractivity contribution in [1.82, 2.24) is 9.80 Å². The highest BCUT2D eigenvalue weighted by Crippen LogP contribution is 2.26. The highest BCUT2D eigenvalue weighted by molar-refractivity contribution is 5.40. The van der Waals surface area contributed by atoms with Gasteiger partial charge in [-0.25, -0.2) is 4.39 Å². The van der Waals surface area contributed by atoms with Gasteiger partial charge in [0.1, 0.15) is 5.82 Å². The molecule has 2 aliphatic heterocycles. The Labute approximate surface area is 114 Å². The largest absolute Gasteiger partial charge is 0.399 e. The Hall–Kier alpha value is -1.13. The Bertz CT molecular complexity index is 463. The van der Waals surface area contributed by atoms with Crippen LogP contribution < -0.4 is 5.73 Å². The van der Waals surface area contributed by atoms with Crippen molar-refractivity contribution in [2.75, 3.05) is 25.4 Å². The Morgan fingerprint density at radius 2 is 2.21 bits per heavy atom. The normalized spacial score (nSPS) is 28.5. The molecule has 0 radical (unpaired) electrons. The lowest BCUT2D eigenvalue weighted by Gasteiger charge is -2.42. The summed E-state index contributed by atoms with van der Waals surface area (Å²) in [6, 6.07) is 6.19. The number of anilines is 1. The molecule has 0 bridgehead atoms. The van der Waals surface area contributed by atoms with E-state index in [0.29, 0.717) is 24.3 Å². The molecule has 104 valence electrons. The van der Waals surface area contributed by atoms with Crippen molar-refractivity contribution in [2.45, 2.75) is 38.4 Å². The monoisotopic (exact) mass is 263 g/mol. The predicted octanol–water partition coefficient (Wildman–Crippen LogP) is 2.08. The summed E-state index contributed by atoms with van der Waals surface area (Å²) in [7, 11) is 0. The van der Waals surface area contributed by atoms with Crippen molar-refractivity contribution in [2.24, 2.45) is 0 Å². The average Bonchev–Trinajstić information content (AvgIpc) is 2.80. The number of nitrogens with two attached hydrogens (primary N) is 1. The summed E-state index contributed by atoms with van der Waals surface area (Å²) in [6.45, 7) is 6.34. The van der Waals surface area contributed by atoms with Gasteiger partial charge in [0.2, 0.25) is 0 Å². The summed E-state index contributed by atoms with van der Waals surface area (Å²) in [5, 5.41) is 0. The van der Waals surface area contributed by atoms with E-state index < -0.39 is 0 Å². The van der Waals surface area contributed by atoms with Crippen molar-refractivity contribution < 1.29 is 4.39 Å². The van der Waals surface area contributed by atoms with E-state index in [9.17, 15) is 4.39 Å². The second-order valence-corrected chi connectivity index (χ2v) is 5.92. The number of nitrogen functional groups attached to an aromatic ring is 1. The van der Waals surface area contributed by atoms with E-state index in [1.165, 1.54) is 25.5 Å². The van der Waals surface area contributed by atoms with Crippen molar-refractivity contribution in [3.05, 3.63) is 29.6 Å². The van der Waals surface area contributed by atoms with Gasteiger partial charge in [-0.15, -0.1) is 0 Å². The van der Waals surface area contributed by atoms with E-state index in [1.54, 1.807) is 6.07 Å². The molecule has 2 N–H and O–H groups in total. The van der Waals surface area contributed by atoms with Crippen LogP contribution in [0.5, 0.6) is 0 Å². The third-order valence-electron chi connectivity index (χ3n) is 4.52. The topological polar surface area (TPSA) is 32.5 Å². The third-order valence-corrected chi connectivity index (χ3v) is 4.52. The van der Waals surface area contributed by atoms with E-state index in [1.807, 2.05) is 6.07 Å². The maximum absolute atomic E-state index is 13.9. The van der Waals surface area contributed by atoms with Crippen LogP contribution >= 0.6 is 0 Å². The van der Waals surface area contributed by atoms with Crippen LogP contribution in [0.15, 0.2) is 18.2 Å². The van der Waals surface area contributed by atoms with Gasteiger partial charge in [-0.3, -0.25) is 9.80 Å². The van der Waals surface area contributed by atoms with Gasteiger partial charge in [-0.05, 0) is 38.4 Å². The lowest BCUT2D eigenvalue weighted by molar-refractivity contribution is 0.0533. The van der Waals surface area contributed by atoms with Gasteiger partial charge in [-0.2, -0.15) is 0 Å². The van der Waals surface area contributed by atoms with Crippen molar-refractivity contribution in [3.8, 4) is 0 Å². The highest BCUT2D eigenvalue weighted by atomic mass is 19.1. The molecule has 2 heterocycles. The van der Waals surface area contributed by atoms with Gasteiger partial charge in [-0.1, -0.05) is 6.07 Å². The molecule has 1 aromatic carbocycles. The first kappa shape index (κ1) is 12.9. The molecule has 3 nitrogen and oxygen atoms in total. The van der Waals surface area contributed by atoms with Crippen LogP contribution in [0.1, 0.15) is 25.3 Å². The quantitative estimate of drug-likeness (QED) is 0.829. The minimum Gasteiger partial charge on any atom is -0.399 e. The smallest absolute Gasteiger partial charge is 0.129 e. The number of benzene rings is 1. The molecular formula is C15H22FN3. The number of nitrogens with zero attached hydrogens (tertiary/aromatic N) is 2. The van der Waals surface area contributed by atoms with Crippen molar-refractivity contribution in [1.29, 1.82) is 0 Å². The van der Waals surface area contributed by atoms with E-state index >= 15 is 0 Å². The van der Waals surface area contributed by atoms with Crippen molar-refractivity contribution in [3.63, 3.8) is 0 Å². The maximum Gasteiger partial charge on any atom is 0.129 e. The molecule has 2 fully saturated rings. The van der Waals surface area contributed by atoms with Gasteiger partial charge >= 0.3 is 0 Å². The first-order valence-electron chi connectivity index (χ1n) is 7.15. The summed E-state index contributed by atoms with van der Waals surface area (Å²) in [6.07, 6.45) is 2.59. The molecule has 2 atom stereocenters. The molecule has 0 aliphatic carbocycles. The first-order chi connectivity index (χ1) is 9.13. The number of piperazine rings is 1. The molecule has 0 spiro atoms. The standard InChI is InChI=1S/C15H22FN3/c1-11-8-18-6-2-3-14(18)10-19(11)9-12-4-5-13(17)7-15(12)16/h4-5,7,11,14H,2-3,6,8-10,17H2,1H3. The zero-order valence-electron chi connectivity index (χ0n) is 11.5. The van der Waals surface area contributed by atoms with Crippen LogP contribution in [0.4, 0.5) is 10.1 Å². The number of hydrogen-bond donors (Lipinski definition) is 1. The molecule has 2 saturated heterocycles. The second kappa shape index (κ2) is 5.10. The number of halogens is 1. The summed E-state index contributed by atoms with van der Waals surface area (Å²) in [5.41, 5.74) is 6.85. The minimum absolute atomic E-state index is 0.180. The van der Waals surface area contributed by atoms with E-state index in [-0.39, 0.29) is 5.82 Å². The number of fused-ring (bicyclic) bond motifs is 1. The summed E-state index contributed by atoms with van der Waals surface area (Å²) in [4.78, 5) is 4.99. The lowest BCUT2D eigenvalue weighted by atomic mass is 10.1. The Morgan fingerprint density at radius 1 is 1.37 bits per heavy atom. The summed E-state index contributed by atoms with van der Waals surface area (Å²) >= 11 is 0. The second-order valence-electron chi connectivity index (χ2n) is 5.92. The van der Waals surface area contributed by atoms with Crippen LogP contribution in [0.2, 0.25) is 0 Å². The summed E-state index contributed by atoms with van der Waals surface area (Å²) < 4.78 is 13.9. The van der Waals surface area contributed by atoms with E-state index in [2.05, 4.69) is 16.7 Å². The average molecular weight is 263 g/mol. The molecular weight excluding hydrogens is 241 g/mol. The van der Waals surface area contributed by atoms with Gasteiger partial charge in [0, 0.05) is 43.0 Å². The first-order valence-corrected chi connectivity index (χ1v) is 7.15. The lowest BCUT2D eigenvalue weighted by Crippen LogP contribution is -2.54.